The van der Waals surface area contributed by atoms with E-state index in [0.29, 0.717) is 5.56 Å². The molecule has 0 saturated carbocycles. The molecular weight excluding hydrogens is 264 g/mol. The molecule has 4 heteroatoms. The topological polar surface area (TPSA) is 70.0 Å². The second-order valence-corrected chi connectivity index (χ2v) is 4.54. The van der Waals surface area contributed by atoms with Crippen molar-refractivity contribution in [3.05, 3.63) is 71.8 Å². The molecular formula is C17H14N2O2. The van der Waals surface area contributed by atoms with Gasteiger partial charge in [-0.3, -0.25) is 14.9 Å². The first-order chi connectivity index (χ1) is 10.2. The molecule has 2 rings (SSSR count). The number of nitrogens with zero attached hydrogens (tertiary/aromatic N) is 1. The minimum Gasteiger partial charge on any atom is -0.292 e. The summed E-state index contributed by atoms with van der Waals surface area (Å²) in [5.74, 6) is -1.47. The largest absolute Gasteiger partial charge is 0.292 e. The molecule has 1 atom stereocenters. The Hall–Kier alpha value is -2.93. The van der Waals surface area contributed by atoms with Gasteiger partial charge < -0.3 is 0 Å². The van der Waals surface area contributed by atoms with E-state index in [4.69, 9.17) is 5.26 Å². The SMILES string of the molecule is N#C[C@@H](CC(=O)NC(=O)c1ccccc1)c1ccccc1. The molecule has 0 heterocycles. The minimum atomic E-state index is -0.560. The van der Waals surface area contributed by atoms with Gasteiger partial charge in [-0.15, -0.1) is 0 Å². The Bertz CT molecular complexity index is 660. The number of hydrogen-bond donors (Lipinski definition) is 1. The summed E-state index contributed by atoms with van der Waals surface area (Å²) in [6.07, 6.45) is -0.0426. The van der Waals surface area contributed by atoms with Crippen molar-refractivity contribution in [3.8, 4) is 6.07 Å². The summed E-state index contributed by atoms with van der Waals surface area (Å²) in [6, 6.07) is 19.6. The maximum absolute atomic E-state index is 11.9. The van der Waals surface area contributed by atoms with Crippen molar-refractivity contribution in [1.29, 1.82) is 5.26 Å². The number of carbonyl (C=O) groups excluding carboxylic acids is 2. The van der Waals surface area contributed by atoms with Crippen LogP contribution < -0.4 is 5.32 Å². The molecule has 0 aliphatic heterocycles. The average Bonchev–Trinajstić information content (AvgIpc) is 2.54. The van der Waals surface area contributed by atoms with Crippen LogP contribution in [0.3, 0.4) is 0 Å². The predicted molar refractivity (Wildman–Crippen MR) is 78.3 cm³/mol. The molecule has 2 amide bonds. The summed E-state index contributed by atoms with van der Waals surface area (Å²) in [5.41, 5.74) is 1.18. The van der Waals surface area contributed by atoms with Gasteiger partial charge in [0.25, 0.3) is 5.91 Å². The van der Waals surface area contributed by atoms with Gasteiger partial charge in [0.2, 0.25) is 5.91 Å². The molecule has 0 unspecified atom stereocenters. The maximum Gasteiger partial charge on any atom is 0.257 e. The number of nitriles is 1. The van der Waals surface area contributed by atoms with Gasteiger partial charge in [-0.2, -0.15) is 5.26 Å². The van der Waals surface area contributed by atoms with E-state index in [2.05, 4.69) is 11.4 Å². The van der Waals surface area contributed by atoms with Crippen LogP contribution in [0.2, 0.25) is 0 Å². The van der Waals surface area contributed by atoms with Crippen molar-refractivity contribution >= 4 is 11.8 Å². The Morgan fingerprint density at radius 1 is 1.00 bits per heavy atom. The van der Waals surface area contributed by atoms with E-state index in [-0.39, 0.29) is 6.42 Å². The van der Waals surface area contributed by atoms with E-state index >= 15 is 0 Å². The van der Waals surface area contributed by atoms with Crippen LogP contribution >= 0.6 is 0 Å². The zero-order valence-corrected chi connectivity index (χ0v) is 11.3. The predicted octanol–water partition coefficient (Wildman–Crippen LogP) is 2.64. The highest BCUT2D eigenvalue weighted by Crippen LogP contribution is 2.18. The summed E-state index contributed by atoms with van der Waals surface area (Å²) in [7, 11) is 0. The minimum absolute atomic E-state index is 0.0426. The quantitative estimate of drug-likeness (QED) is 0.934. The van der Waals surface area contributed by atoms with Crippen LogP contribution in [-0.4, -0.2) is 11.8 Å². The van der Waals surface area contributed by atoms with E-state index in [1.54, 1.807) is 42.5 Å². The lowest BCUT2D eigenvalue weighted by Crippen LogP contribution is -2.31. The van der Waals surface area contributed by atoms with Gasteiger partial charge in [0.15, 0.2) is 0 Å². The summed E-state index contributed by atoms with van der Waals surface area (Å²) >= 11 is 0. The molecule has 2 aromatic rings. The molecule has 0 saturated heterocycles. The molecule has 104 valence electrons. The normalized spacial score (nSPS) is 11.2. The average molecular weight is 278 g/mol. The van der Waals surface area contributed by atoms with Crippen molar-refractivity contribution in [2.24, 2.45) is 0 Å². The van der Waals surface area contributed by atoms with Crippen molar-refractivity contribution in [1.82, 2.24) is 5.32 Å². The van der Waals surface area contributed by atoms with Crippen LogP contribution in [-0.2, 0) is 4.79 Å². The molecule has 0 spiro atoms. The highest BCUT2D eigenvalue weighted by atomic mass is 16.2. The van der Waals surface area contributed by atoms with E-state index < -0.39 is 17.7 Å². The summed E-state index contributed by atoms with van der Waals surface area (Å²) in [4.78, 5) is 23.7. The molecule has 2 aromatic carbocycles. The van der Waals surface area contributed by atoms with Crippen molar-refractivity contribution in [2.75, 3.05) is 0 Å². The standard InChI is InChI=1S/C17H14N2O2/c18-12-15(13-7-3-1-4-8-13)11-16(20)19-17(21)14-9-5-2-6-10-14/h1-10,15H,11H2,(H,19,20,21)/t15-/m1/s1. The molecule has 1 N–H and O–H groups in total. The summed E-state index contributed by atoms with van der Waals surface area (Å²) in [5, 5.41) is 11.5. The smallest absolute Gasteiger partial charge is 0.257 e. The summed E-state index contributed by atoms with van der Waals surface area (Å²) < 4.78 is 0. The van der Waals surface area contributed by atoms with Gasteiger partial charge in [0, 0.05) is 12.0 Å². The van der Waals surface area contributed by atoms with Crippen LogP contribution in [0.4, 0.5) is 0 Å². The van der Waals surface area contributed by atoms with Crippen molar-refractivity contribution in [2.45, 2.75) is 12.3 Å². The zero-order chi connectivity index (χ0) is 15.1. The van der Waals surface area contributed by atoms with Gasteiger partial charge >= 0.3 is 0 Å². The molecule has 21 heavy (non-hydrogen) atoms. The van der Waals surface area contributed by atoms with Gasteiger partial charge in [0.1, 0.15) is 0 Å². The maximum atomic E-state index is 11.9. The molecule has 0 aromatic heterocycles. The number of imide groups is 1. The van der Waals surface area contributed by atoms with E-state index in [1.165, 1.54) is 0 Å². The Labute approximate surface area is 123 Å². The molecule has 0 aliphatic rings. The second kappa shape index (κ2) is 7.01. The molecule has 0 bridgehead atoms. The molecule has 0 aliphatic carbocycles. The monoisotopic (exact) mass is 278 g/mol. The van der Waals surface area contributed by atoms with Crippen LogP contribution in [0.25, 0.3) is 0 Å². The molecule has 0 radical (unpaired) electrons. The van der Waals surface area contributed by atoms with Crippen LogP contribution in [0.1, 0.15) is 28.3 Å². The van der Waals surface area contributed by atoms with Crippen molar-refractivity contribution < 1.29 is 9.59 Å². The number of nitrogens with one attached hydrogen (secondary N) is 1. The fourth-order valence-corrected chi connectivity index (χ4v) is 1.95. The van der Waals surface area contributed by atoms with Crippen molar-refractivity contribution in [3.63, 3.8) is 0 Å². The lowest BCUT2D eigenvalue weighted by Gasteiger charge is -2.09. The fourth-order valence-electron chi connectivity index (χ4n) is 1.95. The Morgan fingerprint density at radius 3 is 2.14 bits per heavy atom. The number of benzene rings is 2. The van der Waals surface area contributed by atoms with E-state index in [1.807, 2.05) is 18.2 Å². The highest BCUT2D eigenvalue weighted by molar-refractivity contribution is 6.04. The lowest BCUT2D eigenvalue weighted by atomic mass is 9.97. The van der Waals surface area contributed by atoms with Crippen LogP contribution in [0.15, 0.2) is 60.7 Å². The highest BCUT2D eigenvalue weighted by Gasteiger charge is 2.17. The first-order valence-corrected chi connectivity index (χ1v) is 6.54. The number of rotatable bonds is 4. The number of carbonyl (C=O) groups is 2. The second-order valence-electron chi connectivity index (χ2n) is 4.54. The van der Waals surface area contributed by atoms with Gasteiger partial charge in [-0.1, -0.05) is 48.5 Å². The zero-order valence-electron chi connectivity index (χ0n) is 11.3. The Balaban J connectivity index is 1.98. The Kier molecular flexibility index (Phi) is 4.84. The van der Waals surface area contributed by atoms with Gasteiger partial charge in [-0.05, 0) is 17.7 Å². The third-order valence-electron chi connectivity index (χ3n) is 3.04. The third-order valence-corrected chi connectivity index (χ3v) is 3.04. The molecule has 0 fully saturated rings. The van der Waals surface area contributed by atoms with E-state index in [0.717, 1.165) is 5.56 Å². The first-order valence-electron chi connectivity index (χ1n) is 6.54. The van der Waals surface area contributed by atoms with Gasteiger partial charge in [0.05, 0.1) is 12.0 Å². The Morgan fingerprint density at radius 2 is 1.57 bits per heavy atom. The van der Waals surface area contributed by atoms with Crippen LogP contribution in [0.5, 0.6) is 0 Å². The number of hydrogen-bond acceptors (Lipinski definition) is 3. The third kappa shape index (κ3) is 4.02. The van der Waals surface area contributed by atoms with E-state index in [9.17, 15) is 9.59 Å². The first kappa shape index (κ1) is 14.5. The fraction of sp³-hybridized carbons (Fsp3) is 0.118. The van der Waals surface area contributed by atoms with Gasteiger partial charge in [-0.25, -0.2) is 0 Å². The summed E-state index contributed by atoms with van der Waals surface area (Å²) in [6.45, 7) is 0. The van der Waals surface area contributed by atoms with Crippen LogP contribution in [0, 0.1) is 11.3 Å². The number of amides is 2. The lowest BCUT2D eigenvalue weighted by molar-refractivity contribution is -0.120. The molecule has 4 nitrogen and oxygen atoms in total.